The molecule has 0 aromatic heterocycles. The molecule has 8 nitrogen and oxygen atoms in total. The van der Waals surface area contributed by atoms with Gasteiger partial charge >= 0.3 is 0 Å². The van der Waals surface area contributed by atoms with E-state index >= 15 is 0 Å². The molecule has 1 heterocycles. The third-order valence-electron chi connectivity index (χ3n) is 6.47. The van der Waals surface area contributed by atoms with Crippen LogP contribution in [0.1, 0.15) is 11.1 Å². The highest BCUT2D eigenvalue weighted by atomic mass is 32.2. The predicted molar refractivity (Wildman–Crippen MR) is 148 cm³/mol. The molecule has 0 unspecified atom stereocenters. The fourth-order valence-electron chi connectivity index (χ4n) is 4.34. The van der Waals surface area contributed by atoms with Crippen molar-refractivity contribution in [2.24, 2.45) is 0 Å². The lowest BCUT2D eigenvalue weighted by Crippen LogP contribution is -2.40. The molecule has 1 aliphatic rings. The Bertz CT molecular complexity index is 1820. The molecule has 0 saturated heterocycles. The first-order valence-electron chi connectivity index (χ1n) is 11.9. The zero-order chi connectivity index (χ0) is 27.9. The number of anilines is 3. The molecule has 0 fully saturated rings. The van der Waals surface area contributed by atoms with Crippen molar-refractivity contribution in [3.8, 4) is 11.1 Å². The fourth-order valence-corrected chi connectivity index (χ4v) is 7.04. The number of sulfonamides is 2. The number of hydrogen-bond donors (Lipinski definition) is 2. The van der Waals surface area contributed by atoms with Crippen LogP contribution in [0.15, 0.2) is 94.7 Å². The molecule has 0 bridgehead atoms. The number of halogens is 1. The van der Waals surface area contributed by atoms with Gasteiger partial charge in [-0.25, -0.2) is 21.2 Å². The quantitative estimate of drug-likeness (QED) is 0.340. The first-order chi connectivity index (χ1) is 18.5. The average molecular weight is 566 g/mol. The van der Waals surface area contributed by atoms with Crippen molar-refractivity contribution in [1.29, 1.82) is 0 Å². The van der Waals surface area contributed by atoms with E-state index in [4.69, 9.17) is 0 Å². The summed E-state index contributed by atoms with van der Waals surface area (Å²) in [7, 11) is -7.97. The van der Waals surface area contributed by atoms with Gasteiger partial charge < -0.3 is 5.32 Å². The van der Waals surface area contributed by atoms with E-state index in [2.05, 4.69) is 10.0 Å². The molecule has 1 aliphatic heterocycles. The Morgan fingerprint density at radius 2 is 1.54 bits per heavy atom. The summed E-state index contributed by atoms with van der Waals surface area (Å²) >= 11 is 0. The second-order valence-electron chi connectivity index (χ2n) is 9.15. The van der Waals surface area contributed by atoms with Crippen LogP contribution < -0.4 is 14.3 Å². The van der Waals surface area contributed by atoms with E-state index < -0.39 is 38.3 Å². The maximum atomic E-state index is 14.0. The molecule has 39 heavy (non-hydrogen) atoms. The molecule has 5 rings (SSSR count). The van der Waals surface area contributed by atoms with Crippen molar-refractivity contribution in [1.82, 2.24) is 0 Å². The third-order valence-corrected chi connectivity index (χ3v) is 9.68. The van der Waals surface area contributed by atoms with Gasteiger partial charge in [-0.1, -0.05) is 24.3 Å². The Morgan fingerprint density at radius 1 is 0.846 bits per heavy atom. The number of hydrogen-bond acceptors (Lipinski definition) is 5. The van der Waals surface area contributed by atoms with Gasteiger partial charge in [-0.2, -0.15) is 0 Å². The smallest absolute Gasteiger partial charge is 0.265 e. The lowest BCUT2D eigenvalue weighted by Gasteiger charge is -2.31. The van der Waals surface area contributed by atoms with Gasteiger partial charge in [0.15, 0.2) is 0 Å². The third kappa shape index (κ3) is 5.10. The first kappa shape index (κ1) is 26.4. The molecule has 11 heteroatoms. The topological polar surface area (TPSA) is 113 Å². The van der Waals surface area contributed by atoms with E-state index in [0.29, 0.717) is 16.8 Å². The maximum Gasteiger partial charge on any atom is 0.265 e. The van der Waals surface area contributed by atoms with E-state index in [1.165, 1.54) is 42.5 Å². The van der Waals surface area contributed by atoms with E-state index in [0.717, 1.165) is 21.5 Å². The highest BCUT2D eigenvalue weighted by molar-refractivity contribution is 7.93. The number of aryl methyl sites for hydroxylation is 2. The summed E-state index contributed by atoms with van der Waals surface area (Å²) in [4.78, 5) is 12.9. The van der Waals surface area contributed by atoms with Crippen molar-refractivity contribution < 1.29 is 26.0 Å². The number of carbonyl (C=O) groups is 1. The first-order valence-corrected chi connectivity index (χ1v) is 14.8. The molecule has 0 spiro atoms. The van der Waals surface area contributed by atoms with Gasteiger partial charge in [-0.15, -0.1) is 0 Å². The van der Waals surface area contributed by atoms with Crippen molar-refractivity contribution in [2.75, 3.05) is 20.9 Å². The summed E-state index contributed by atoms with van der Waals surface area (Å²) in [6, 6.07) is 20.7. The summed E-state index contributed by atoms with van der Waals surface area (Å²) in [6.45, 7) is 3.25. The molecule has 4 aromatic carbocycles. The Labute approximate surface area is 226 Å². The number of amides is 1. The van der Waals surface area contributed by atoms with Gasteiger partial charge in [-0.3, -0.25) is 13.8 Å². The Morgan fingerprint density at radius 3 is 2.26 bits per heavy atom. The van der Waals surface area contributed by atoms with Crippen LogP contribution in [0.2, 0.25) is 0 Å². The standard InChI is InChI=1S/C28H24FN3O5S2/c1-18-7-9-22(15-19(18)2)31-38(34,35)23-12-10-21(11-13-23)30-28(33)17-32-26-14-8-20(29)16-25(26)24-5-3-4-6-27(24)39(32,36)37/h3-16,31H,17H2,1-2H3,(H,30,33). The van der Waals surface area contributed by atoms with Crippen molar-refractivity contribution in [2.45, 2.75) is 23.6 Å². The molecule has 200 valence electrons. The lowest BCUT2D eigenvalue weighted by atomic mass is 10.0. The van der Waals surface area contributed by atoms with Crippen LogP contribution in [0, 0.1) is 19.7 Å². The van der Waals surface area contributed by atoms with Crippen LogP contribution in [-0.2, 0) is 24.8 Å². The fraction of sp³-hybridized carbons (Fsp3) is 0.107. The molecule has 0 radical (unpaired) electrons. The van der Waals surface area contributed by atoms with E-state index in [1.807, 2.05) is 19.9 Å². The van der Waals surface area contributed by atoms with Gasteiger partial charge in [-0.05, 0) is 85.6 Å². The zero-order valence-corrected chi connectivity index (χ0v) is 22.6. The number of rotatable bonds is 6. The van der Waals surface area contributed by atoms with Crippen molar-refractivity contribution in [3.05, 3.63) is 102 Å². The summed E-state index contributed by atoms with van der Waals surface area (Å²) in [5, 5.41) is 2.60. The monoisotopic (exact) mass is 565 g/mol. The van der Waals surface area contributed by atoms with Crippen LogP contribution in [0.3, 0.4) is 0 Å². The maximum absolute atomic E-state index is 14.0. The highest BCUT2D eigenvalue weighted by Crippen LogP contribution is 2.43. The minimum atomic E-state index is -4.10. The second kappa shape index (κ2) is 9.83. The SMILES string of the molecule is Cc1ccc(NS(=O)(=O)c2ccc(NC(=O)CN3c4ccc(F)cc4-c4ccccc4S3(=O)=O)cc2)cc1C. The number of benzene rings is 4. The molecule has 1 amide bonds. The van der Waals surface area contributed by atoms with Crippen molar-refractivity contribution >= 4 is 43.0 Å². The molecule has 4 aromatic rings. The number of nitrogens with zero attached hydrogens (tertiary/aromatic N) is 1. The number of carbonyl (C=O) groups excluding carboxylic acids is 1. The zero-order valence-electron chi connectivity index (χ0n) is 21.0. The van der Waals surface area contributed by atoms with Crippen LogP contribution >= 0.6 is 0 Å². The minimum Gasteiger partial charge on any atom is -0.325 e. The van der Waals surface area contributed by atoms with E-state index in [9.17, 15) is 26.0 Å². The number of nitrogens with one attached hydrogen (secondary N) is 2. The van der Waals surface area contributed by atoms with Gasteiger partial charge in [0.25, 0.3) is 20.0 Å². The van der Waals surface area contributed by atoms with E-state index in [-0.39, 0.29) is 21.2 Å². The van der Waals surface area contributed by atoms with Crippen LogP contribution in [0.4, 0.5) is 21.5 Å². The van der Waals surface area contributed by atoms with Gasteiger partial charge in [0, 0.05) is 22.5 Å². The Kier molecular flexibility index (Phi) is 6.65. The second-order valence-corrected chi connectivity index (χ2v) is 12.7. The summed E-state index contributed by atoms with van der Waals surface area (Å²) in [6.07, 6.45) is 0. The normalized spacial score (nSPS) is 13.8. The lowest BCUT2D eigenvalue weighted by molar-refractivity contribution is -0.114. The molecular formula is C28H24FN3O5S2. The van der Waals surface area contributed by atoms with Gasteiger partial charge in [0.2, 0.25) is 5.91 Å². The molecule has 0 aliphatic carbocycles. The number of fused-ring (bicyclic) bond motifs is 3. The van der Waals surface area contributed by atoms with Crippen molar-refractivity contribution in [3.63, 3.8) is 0 Å². The predicted octanol–water partition coefficient (Wildman–Crippen LogP) is 5.06. The van der Waals surface area contributed by atoms with Crippen LogP contribution in [0.5, 0.6) is 0 Å². The van der Waals surface area contributed by atoms with Gasteiger partial charge in [0.05, 0.1) is 15.5 Å². The summed E-state index contributed by atoms with van der Waals surface area (Å²) in [5.41, 5.74) is 3.59. The van der Waals surface area contributed by atoms with Crippen LogP contribution in [-0.4, -0.2) is 29.3 Å². The Hall–Kier alpha value is -4.22. The highest BCUT2D eigenvalue weighted by Gasteiger charge is 2.36. The Balaban J connectivity index is 1.34. The van der Waals surface area contributed by atoms with Gasteiger partial charge in [0.1, 0.15) is 12.4 Å². The summed E-state index contributed by atoms with van der Waals surface area (Å²) in [5.74, 6) is -1.19. The molecular weight excluding hydrogens is 541 g/mol. The minimum absolute atomic E-state index is 0.00936. The summed E-state index contributed by atoms with van der Waals surface area (Å²) < 4.78 is 69.8. The molecule has 0 atom stereocenters. The average Bonchev–Trinajstić information content (AvgIpc) is 2.89. The largest absolute Gasteiger partial charge is 0.325 e. The van der Waals surface area contributed by atoms with E-state index in [1.54, 1.807) is 30.3 Å². The molecule has 2 N–H and O–H groups in total. The van der Waals surface area contributed by atoms with Crippen LogP contribution in [0.25, 0.3) is 11.1 Å². The molecule has 0 saturated carbocycles.